The molecule has 2 aromatic carbocycles. The van der Waals surface area contributed by atoms with Crippen LogP contribution in [0.3, 0.4) is 0 Å². The fourth-order valence-corrected chi connectivity index (χ4v) is 4.20. The number of nitrogens with zero attached hydrogens (tertiary/aromatic N) is 7. The van der Waals surface area contributed by atoms with Crippen molar-refractivity contribution in [3.8, 4) is 17.1 Å². The Balaban J connectivity index is 1.37. The molecule has 13 heteroatoms. The Hall–Kier alpha value is -4.03. The van der Waals surface area contributed by atoms with E-state index in [2.05, 4.69) is 25.8 Å². The molecule has 35 heavy (non-hydrogen) atoms. The number of carbonyl (C=O) groups excluding carboxylic acids is 1. The summed E-state index contributed by atoms with van der Waals surface area (Å²) >= 11 is 7.62. The van der Waals surface area contributed by atoms with Crippen molar-refractivity contribution in [2.45, 2.75) is 12.1 Å². The van der Waals surface area contributed by atoms with E-state index in [1.165, 1.54) is 18.3 Å². The van der Waals surface area contributed by atoms with Crippen LogP contribution in [-0.2, 0) is 11.8 Å². The van der Waals surface area contributed by atoms with E-state index in [1.54, 1.807) is 35.4 Å². The van der Waals surface area contributed by atoms with Gasteiger partial charge in [0.15, 0.2) is 11.0 Å². The molecule has 0 aliphatic carbocycles. The molecule has 0 aliphatic heterocycles. The van der Waals surface area contributed by atoms with Crippen LogP contribution in [0.2, 0.25) is 5.15 Å². The van der Waals surface area contributed by atoms with Crippen molar-refractivity contribution in [1.82, 2.24) is 30.0 Å². The lowest BCUT2D eigenvalue weighted by molar-refractivity contribution is -0.384. The number of non-ortho nitro benzene ring substituents is 1. The summed E-state index contributed by atoms with van der Waals surface area (Å²) in [5, 5.41) is 28.5. The van der Waals surface area contributed by atoms with Crippen molar-refractivity contribution in [3.05, 3.63) is 81.1 Å². The van der Waals surface area contributed by atoms with Crippen LogP contribution < -0.4 is 5.43 Å². The van der Waals surface area contributed by atoms with Gasteiger partial charge in [-0.05, 0) is 19.1 Å². The quantitative estimate of drug-likeness (QED) is 0.165. The highest BCUT2D eigenvalue weighted by Gasteiger charge is 2.16. The van der Waals surface area contributed by atoms with Crippen LogP contribution in [0.15, 0.2) is 64.9 Å². The molecule has 0 bridgehead atoms. The van der Waals surface area contributed by atoms with Gasteiger partial charge < -0.3 is 4.57 Å². The predicted octanol–water partition coefficient (Wildman–Crippen LogP) is 3.78. The minimum absolute atomic E-state index is 0.0360. The monoisotopic (exact) mass is 510 g/mol. The Morgan fingerprint density at radius 3 is 2.74 bits per heavy atom. The van der Waals surface area contributed by atoms with Crippen LogP contribution in [-0.4, -0.2) is 47.3 Å². The smallest absolute Gasteiger partial charge is 0.270 e. The van der Waals surface area contributed by atoms with Crippen molar-refractivity contribution in [3.63, 3.8) is 0 Å². The number of aromatic nitrogens is 5. The molecule has 1 N–H and O–H groups in total. The summed E-state index contributed by atoms with van der Waals surface area (Å²) in [6.45, 7) is 1.80. The van der Waals surface area contributed by atoms with Gasteiger partial charge in [-0.25, -0.2) is 10.1 Å². The summed E-state index contributed by atoms with van der Waals surface area (Å²) in [5.41, 5.74) is 5.05. The highest BCUT2D eigenvalue weighted by Crippen LogP contribution is 2.25. The van der Waals surface area contributed by atoms with E-state index in [0.717, 1.165) is 17.4 Å². The topological polar surface area (TPSA) is 133 Å². The number of halogens is 1. The fourth-order valence-electron chi connectivity index (χ4n) is 3.18. The number of thioether (sulfide) groups is 1. The number of hydrazone groups is 1. The molecule has 11 nitrogen and oxygen atoms in total. The lowest BCUT2D eigenvalue weighted by Gasteiger charge is -2.04. The van der Waals surface area contributed by atoms with Crippen LogP contribution >= 0.6 is 23.4 Å². The Bertz CT molecular complexity index is 1420. The minimum Gasteiger partial charge on any atom is -0.305 e. The van der Waals surface area contributed by atoms with E-state index < -0.39 is 4.92 Å². The van der Waals surface area contributed by atoms with Crippen molar-refractivity contribution >= 4 is 41.2 Å². The second-order valence-corrected chi connectivity index (χ2v) is 8.59. The largest absolute Gasteiger partial charge is 0.305 e. The van der Waals surface area contributed by atoms with Crippen LogP contribution in [0.5, 0.6) is 0 Å². The maximum Gasteiger partial charge on any atom is 0.270 e. The Morgan fingerprint density at radius 2 is 2.00 bits per heavy atom. The average Bonchev–Trinajstić information content (AvgIpc) is 3.37. The first-order valence-electron chi connectivity index (χ1n) is 10.2. The highest BCUT2D eigenvalue weighted by molar-refractivity contribution is 7.99. The number of para-hydroxylation sites is 1. The van der Waals surface area contributed by atoms with Gasteiger partial charge in [-0.15, -0.1) is 10.2 Å². The first-order chi connectivity index (χ1) is 16.8. The van der Waals surface area contributed by atoms with Gasteiger partial charge in [-0.2, -0.15) is 10.2 Å². The molecule has 0 fully saturated rings. The number of nitrogens with one attached hydrogen (secondary N) is 1. The third kappa shape index (κ3) is 5.39. The summed E-state index contributed by atoms with van der Waals surface area (Å²) in [7, 11) is 1.72. The number of hydrogen-bond acceptors (Lipinski definition) is 8. The highest BCUT2D eigenvalue weighted by atomic mass is 35.5. The number of nitro groups is 1. The zero-order valence-electron chi connectivity index (χ0n) is 18.6. The Labute approximate surface area is 209 Å². The molecule has 4 rings (SSSR count). The first-order valence-corrected chi connectivity index (χ1v) is 11.6. The summed E-state index contributed by atoms with van der Waals surface area (Å²) in [6.07, 6.45) is 1.45. The molecular formula is C22H19ClN8O3S. The van der Waals surface area contributed by atoms with E-state index in [-0.39, 0.29) is 17.3 Å². The van der Waals surface area contributed by atoms with E-state index >= 15 is 0 Å². The number of carbonyl (C=O) groups is 1. The SMILES string of the molecule is Cc1nn(-c2ccccc2)c(Cl)c1C=NNC(=O)CSc1nnc(-c2cccc([N+](=O)[O-])c2)n1C. The molecule has 4 aromatic rings. The van der Waals surface area contributed by atoms with Gasteiger partial charge in [0, 0.05) is 24.7 Å². The summed E-state index contributed by atoms with van der Waals surface area (Å²) in [6, 6.07) is 15.6. The molecular weight excluding hydrogens is 492 g/mol. The molecule has 0 radical (unpaired) electrons. The van der Waals surface area contributed by atoms with Crippen LogP contribution in [0.1, 0.15) is 11.3 Å². The van der Waals surface area contributed by atoms with E-state index in [1.807, 2.05) is 30.3 Å². The first kappa shape index (κ1) is 24.1. The number of hydrogen-bond donors (Lipinski definition) is 1. The normalized spacial score (nSPS) is 11.2. The van der Waals surface area contributed by atoms with Gasteiger partial charge in [0.1, 0.15) is 5.15 Å². The molecule has 1 amide bonds. The van der Waals surface area contributed by atoms with Crippen molar-refractivity contribution < 1.29 is 9.72 Å². The van der Waals surface area contributed by atoms with Gasteiger partial charge >= 0.3 is 0 Å². The lowest BCUT2D eigenvalue weighted by Crippen LogP contribution is -2.20. The third-order valence-corrected chi connectivity index (χ3v) is 6.30. The molecule has 0 unspecified atom stereocenters. The molecule has 2 heterocycles. The van der Waals surface area contributed by atoms with E-state index in [9.17, 15) is 14.9 Å². The lowest BCUT2D eigenvalue weighted by atomic mass is 10.2. The number of aryl methyl sites for hydroxylation is 1. The summed E-state index contributed by atoms with van der Waals surface area (Å²) in [5.74, 6) is 0.138. The average molecular weight is 511 g/mol. The number of rotatable bonds is 8. The Morgan fingerprint density at radius 1 is 1.23 bits per heavy atom. The van der Waals surface area contributed by atoms with Crippen LogP contribution in [0.25, 0.3) is 17.1 Å². The molecule has 178 valence electrons. The fraction of sp³-hybridized carbons (Fsp3) is 0.136. The van der Waals surface area contributed by atoms with Gasteiger partial charge in [0.05, 0.1) is 33.8 Å². The van der Waals surface area contributed by atoms with Crippen molar-refractivity contribution in [1.29, 1.82) is 0 Å². The minimum atomic E-state index is -0.471. The zero-order valence-corrected chi connectivity index (χ0v) is 20.2. The molecule has 0 saturated carbocycles. The molecule has 0 spiro atoms. The number of amides is 1. The van der Waals surface area contributed by atoms with E-state index in [4.69, 9.17) is 11.6 Å². The van der Waals surface area contributed by atoms with Gasteiger partial charge in [0.2, 0.25) is 0 Å². The molecule has 0 atom stereocenters. The van der Waals surface area contributed by atoms with Gasteiger partial charge in [0.25, 0.3) is 11.6 Å². The number of benzene rings is 2. The van der Waals surface area contributed by atoms with Gasteiger partial charge in [-0.1, -0.05) is 53.7 Å². The Kier molecular flexibility index (Phi) is 7.22. The van der Waals surface area contributed by atoms with E-state index in [0.29, 0.717) is 33.0 Å². The van der Waals surface area contributed by atoms with Gasteiger partial charge in [-0.3, -0.25) is 14.9 Å². The second-order valence-electron chi connectivity index (χ2n) is 7.29. The molecule has 2 aromatic heterocycles. The van der Waals surface area contributed by atoms with Crippen LogP contribution in [0.4, 0.5) is 5.69 Å². The predicted molar refractivity (Wildman–Crippen MR) is 133 cm³/mol. The second kappa shape index (κ2) is 10.5. The molecule has 0 aliphatic rings. The summed E-state index contributed by atoms with van der Waals surface area (Å²) < 4.78 is 3.27. The molecule has 0 saturated heterocycles. The van der Waals surface area contributed by atoms with Crippen LogP contribution in [0, 0.1) is 17.0 Å². The maximum atomic E-state index is 12.3. The standard InChI is InChI=1S/C22H19ClN8O3S/c1-14-18(20(23)30(28-14)16-8-4-3-5-9-16)12-24-25-19(32)13-35-22-27-26-21(29(22)2)15-7-6-10-17(11-15)31(33)34/h3-12H,13H2,1-2H3,(H,25,32). The number of nitro benzene ring substituents is 1. The van der Waals surface area contributed by atoms with Crippen molar-refractivity contribution in [2.75, 3.05) is 5.75 Å². The zero-order chi connectivity index (χ0) is 24.9. The third-order valence-electron chi connectivity index (χ3n) is 4.91. The maximum absolute atomic E-state index is 12.3. The van der Waals surface area contributed by atoms with Crippen molar-refractivity contribution in [2.24, 2.45) is 12.1 Å². The summed E-state index contributed by atoms with van der Waals surface area (Å²) in [4.78, 5) is 22.8.